The second-order valence-electron chi connectivity index (χ2n) is 13.3. The molecule has 0 aliphatic heterocycles. The van der Waals surface area contributed by atoms with E-state index in [9.17, 15) is 0 Å². The maximum atomic E-state index is 5.80. The quantitative estimate of drug-likeness (QED) is 0.162. The van der Waals surface area contributed by atoms with Crippen LogP contribution in [0, 0.1) is 45.7 Å². The molecule has 251 valence electrons. The molecule has 0 saturated heterocycles. The summed E-state index contributed by atoms with van der Waals surface area (Å²) in [6.45, 7) is 12.8. The number of furan rings is 1. The van der Waals surface area contributed by atoms with Crippen LogP contribution in [0.2, 0.25) is 0 Å². The number of fused-ring (bicyclic) bond motifs is 4. The fourth-order valence-electron chi connectivity index (χ4n) is 6.11. The average molecular weight is 830 g/mol. The van der Waals surface area contributed by atoms with Crippen molar-refractivity contribution in [2.24, 2.45) is 5.92 Å². The molecule has 50 heavy (non-hydrogen) atoms. The SMILES string of the molecule is CC(C)Cc1ccc2c(-c3cc(-c4ccc5ccccc5c4)ccn3)[c-]c3ccoc3c2n1.Cc1c[c-]c(-c2cc(C)c(C)cn2)cc1C.[Ir]. The minimum Gasteiger partial charge on any atom is -0.506 e. The zero-order chi connectivity index (χ0) is 34.1. The van der Waals surface area contributed by atoms with E-state index in [0.29, 0.717) is 5.92 Å². The van der Waals surface area contributed by atoms with Gasteiger partial charge in [-0.25, -0.2) is 0 Å². The summed E-state index contributed by atoms with van der Waals surface area (Å²) < 4.78 is 5.80. The first-order valence-corrected chi connectivity index (χ1v) is 16.8. The van der Waals surface area contributed by atoms with Gasteiger partial charge in [0.2, 0.25) is 0 Å². The Labute approximate surface area is 308 Å². The van der Waals surface area contributed by atoms with Crippen molar-refractivity contribution in [3.05, 3.63) is 150 Å². The molecule has 0 atom stereocenters. The zero-order valence-corrected chi connectivity index (χ0v) is 31.7. The molecule has 4 nitrogen and oxygen atoms in total. The van der Waals surface area contributed by atoms with Gasteiger partial charge < -0.3 is 9.40 Å². The van der Waals surface area contributed by atoms with Crippen LogP contribution in [0.15, 0.2) is 114 Å². The molecular formula is C45H39IrN3O-2. The molecule has 0 unspecified atom stereocenters. The van der Waals surface area contributed by atoms with Gasteiger partial charge in [0.15, 0.2) is 0 Å². The van der Waals surface area contributed by atoms with Crippen molar-refractivity contribution in [3.8, 4) is 33.6 Å². The van der Waals surface area contributed by atoms with Crippen LogP contribution < -0.4 is 0 Å². The van der Waals surface area contributed by atoms with Gasteiger partial charge in [0.1, 0.15) is 0 Å². The third-order valence-corrected chi connectivity index (χ3v) is 9.15. The molecule has 0 bridgehead atoms. The minimum atomic E-state index is 0. The average Bonchev–Trinajstić information content (AvgIpc) is 3.59. The second-order valence-corrected chi connectivity index (χ2v) is 13.3. The molecule has 0 N–H and O–H groups in total. The fourth-order valence-corrected chi connectivity index (χ4v) is 6.11. The molecule has 8 rings (SSSR count). The molecule has 4 heterocycles. The first-order valence-electron chi connectivity index (χ1n) is 16.8. The van der Waals surface area contributed by atoms with Crippen LogP contribution in [0.5, 0.6) is 0 Å². The van der Waals surface area contributed by atoms with Gasteiger partial charge in [0.05, 0.1) is 5.58 Å². The normalized spacial score (nSPS) is 11.1. The smallest absolute Gasteiger partial charge is 0.0847 e. The van der Waals surface area contributed by atoms with E-state index in [1.54, 1.807) is 6.26 Å². The first-order chi connectivity index (χ1) is 23.7. The van der Waals surface area contributed by atoms with Gasteiger partial charge in [-0.1, -0.05) is 110 Å². The zero-order valence-electron chi connectivity index (χ0n) is 29.3. The van der Waals surface area contributed by atoms with E-state index in [1.807, 2.05) is 24.5 Å². The molecule has 5 heteroatoms. The Morgan fingerprint density at radius 2 is 1.50 bits per heavy atom. The number of rotatable bonds is 5. The van der Waals surface area contributed by atoms with E-state index < -0.39 is 0 Å². The molecular weight excluding hydrogens is 791 g/mol. The van der Waals surface area contributed by atoms with Crippen molar-refractivity contribution in [1.82, 2.24) is 15.0 Å². The number of aromatic nitrogens is 3. The largest absolute Gasteiger partial charge is 0.506 e. The Morgan fingerprint density at radius 1 is 0.720 bits per heavy atom. The van der Waals surface area contributed by atoms with E-state index in [-0.39, 0.29) is 20.1 Å². The summed E-state index contributed by atoms with van der Waals surface area (Å²) in [5.74, 6) is 0.539. The second kappa shape index (κ2) is 14.9. The monoisotopic (exact) mass is 830 g/mol. The maximum absolute atomic E-state index is 5.80. The Morgan fingerprint density at radius 3 is 2.28 bits per heavy atom. The van der Waals surface area contributed by atoms with Crippen LogP contribution in [0.3, 0.4) is 0 Å². The summed E-state index contributed by atoms with van der Waals surface area (Å²) in [7, 11) is 0. The van der Waals surface area contributed by atoms with Crippen molar-refractivity contribution in [1.29, 1.82) is 0 Å². The van der Waals surface area contributed by atoms with E-state index in [2.05, 4.69) is 138 Å². The van der Waals surface area contributed by atoms with Gasteiger partial charge in [-0.2, -0.15) is 0 Å². The van der Waals surface area contributed by atoms with Crippen molar-refractivity contribution in [2.45, 2.75) is 48.0 Å². The van der Waals surface area contributed by atoms with Gasteiger partial charge >= 0.3 is 0 Å². The summed E-state index contributed by atoms with van der Waals surface area (Å²) in [6, 6.07) is 38.5. The van der Waals surface area contributed by atoms with E-state index >= 15 is 0 Å². The van der Waals surface area contributed by atoms with Crippen molar-refractivity contribution < 1.29 is 24.5 Å². The van der Waals surface area contributed by atoms with Gasteiger partial charge in [-0.05, 0) is 77.5 Å². The van der Waals surface area contributed by atoms with Crippen molar-refractivity contribution in [3.63, 3.8) is 0 Å². The summed E-state index contributed by atoms with van der Waals surface area (Å²) in [5.41, 5.74) is 14.0. The number of nitrogens with zero attached hydrogens (tertiary/aromatic N) is 3. The standard InChI is InChI=1S/C30H23N2O.C15H16N.Ir/c1-19(2)15-25-9-10-26-27(17-24-12-14-33-30(24)29(26)32-25)28-18-23(11-13-31-28)22-8-7-20-5-3-4-6-21(20)16-22;1-10-5-6-14(7-11(10)2)15-8-12(3)13(4)9-16-15;/h3-14,16,18-19H,15H2,1-2H3;5,7-9H,1-4H3;/q2*-1;. The molecule has 0 spiro atoms. The molecule has 0 saturated carbocycles. The van der Waals surface area contributed by atoms with E-state index in [4.69, 9.17) is 14.4 Å². The molecule has 8 aromatic rings. The number of hydrogen-bond acceptors (Lipinski definition) is 4. The van der Waals surface area contributed by atoms with E-state index in [0.717, 1.165) is 62.1 Å². The first kappa shape index (κ1) is 34.9. The number of aryl methyl sites for hydroxylation is 4. The molecule has 0 aliphatic carbocycles. The molecule has 0 fully saturated rings. The number of benzene rings is 4. The van der Waals surface area contributed by atoms with Gasteiger partial charge in [0.25, 0.3) is 0 Å². The maximum Gasteiger partial charge on any atom is 0.0847 e. The minimum absolute atomic E-state index is 0. The summed E-state index contributed by atoms with van der Waals surface area (Å²) in [5, 5.41) is 4.40. The van der Waals surface area contributed by atoms with Gasteiger partial charge in [-0.15, -0.1) is 41.0 Å². The predicted octanol–water partition coefficient (Wildman–Crippen LogP) is 11.6. The van der Waals surface area contributed by atoms with Gasteiger partial charge in [0, 0.05) is 55.7 Å². The third kappa shape index (κ3) is 7.31. The Bertz CT molecular complexity index is 2410. The molecule has 4 aromatic carbocycles. The molecule has 0 aliphatic rings. The van der Waals surface area contributed by atoms with Crippen molar-refractivity contribution >= 4 is 32.6 Å². The predicted molar refractivity (Wildman–Crippen MR) is 203 cm³/mol. The van der Waals surface area contributed by atoms with Crippen LogP contribution >= 0.6 is 0 Å². The van der Waals surface area contributed by atoms with Crippen LogP contribution in [-0.4, -0.2) is 15.0 Å². The number of hydrogen-bond donors (Lipinski definition) is 0. The summed E-state index contributed by atoms with van der Waals surface area (Å²) in [6.07, 6.45) is 6.44. The van der Waals surface area contributed by atoms with Crippen LogP contribution in [0.4, 0.5) is 0 Å². The fraction of sp³-hybridized carbons (Fsp3) is 0.178. The Balaban J connectivity index is 0.000000215. The summed E-state index contributed by atoms with van der Waals surface area (Å²) in [4.78, 5) is 14.1. The van der Waals surface area contributed by atoms with Crippen LogP contribution in [0.25, 0.3) is 66.3 Å². The number of pyridine rings is 3. The van der Waals surface area contributed by atoms with Crippen LogP contribution in [-0.2, 0) is 26.5 Å². The van der Waals surface area contributed by atoms with Gasteiger partial charge in [-0.3, -0.25) is 9.97 Å². The van der Waals surface area contributed by atoms with E-state index in [1.165, 1.54) is 38.6 Å². The summed E-state index contributed by atoms with van der Waals surface area (Å²) >= 11 is 0. The van der Waals surface area contributed by atoms with Crippen molar-refractivity contribution in [2.75, 3.05) is 0 Å². The Hall–Kier alpha value is -4.96. The van der Waals surface area contributed by atoms with Crippen LogP contribution in [0.1, 0.15) is 41.8 Å². The topological polar surface area (TPSA) is 51.8 Å². The Kier molecular flexibility index (Phi) is 10.4. The third-order valence-electron chi connectivity index (χ3n) is 9.15. The molecule has 1 radical (unpaired) electrons. The molecule has 0 amide bonds. The molecule has 4 aromatic heterocycles.